The molecule has 0 spiro atoms. The number of benzene rings is 2. The van der Waals surface area contributed by atoms with Crippen LogP contribution in [0, 0.1) is 0 Å². The van der Waals surface area contributed by atoms with Gasteiger partial charge in [-0.3, -0.25) is 9.78 Å². The minimum Gasteiger partial charge on any atom is -0.398 e. The molecular weight excluding hydrogens is 384 g/mol. The van der Waals surface area contributed by atoms with Crippen molar-refractivity contribution < 1.29 is 4.79 Å². The summed E-state index contributed by atoms with van der Waals surface area (Å²) in [5.41, 5.74) is 11.8. The molecular formula is C26H24N4O. The first kappa shape index (κ1) is 20.3. The summed E-state index contributed by atoms with van der Waals surface area (Å²) in [6.07, 6.45) is 5.54. The Morgan fingerprint density at radius 3 is 2.52 bits per heavy atom. The molecule has 0 saturated heterocycles. The van der Waals surface area contributed by atoms with Gasteiger partial charge in [-0.25, -0.2) is 4.98 Å². The maximum Gasteiger partial charge on any atom is 0.260 e. The zero-order valence-corrected chi connectivity index (χ0v) is 17.6. The van der Waals surface area contributed by atoms with Crippen molar-refractivity contribution in [3.05, 3.63) is 96.3 Å². The third-order valence-corrected chi connectivity index (χ3v) is 5.10. The van der Waals surface area contributed by atoms with Crippen LogP contribution in [-0.2, 0) is 0 Å². The second-order valence-corrected chi connectivity index (χ2v) is 7.56. The summed E-state index contributed by atoms with van der Waals surface area (Å²) in [4.78, 5) is 24.1. The lowest BCUT2D eigenvalue weighted by Gasteiger charge is -2.23. The van der Waals surface area contributed by atoms with Crippen molar-refractivity contribution in [2.45, 2.75) is 13.8 Å². The number of rotatable bonds is 5. The number of nitrogen functional groups attached to an aromatic ring is 1. The zero-order valence-electron chi connectivity index (χ0n) is 17.6. The van der Waals surface area contributed by atoms with Crippen molar-refractivity contribution >= 4 is 28.2 Å². The van der Waals surface area contributed by atoms with Gasteiger partial charge in [-0.05, 0) is 62.4 Å². The Balaban J connectivity index is 1.74. The maximum atomic E-state index is 13.5. The molecule has 1 amide bonds. The summed E-state index contributed by atoms with van der Waals surface area (Å²) in [7, 11) is 0. The van der Waals surface area contributed by atoms with E-state index in [1.54, 1.807) is 23.4 Å². The Labute approximate surface area is 181 Å². The molecule has 31 heavy (non-hydrogen) atoms. The van der Waals surface area contributed by atoms with Gasteiger partial charge in [0.2, 0.25) is 0 Å². The number of nitrogens with zero attached hydrogens (tertiary/aromatic N) is 3. The number of aromatic nitrogens is 2. The predicted octanol–water partition coefficient (Wildman–Crippen LogP) is 5.49. The van der Waals surface area contributed by atoms with E-state index in [1.165, 1.54) is 0 Å². The first-order valence-corrected chi connectivity index (χ1v) is 10.1. The molecule has 0 aliphatic carbocycles. The third kappa shape index (κ3) is 4.31. The average Bonchev–Trinajstić information content (AvgIpc) is 2.80. The molecule has 0 unspecified atom stereocenters. The summed E-state index contributed by atoms with van der Waals surface area (Å²) in [6, 6.07) is 20.9. The first-order chi connectivity index (χ1) is 15.0. The molecule has 2 aromatic heterocycles. The van der Waals surface area contributed by atoms with E-state index in [0.717, 1.165) is 33.4 Å². The van der Waals surface area contributed by atoms with Gasteiger partial charge < -0.3 is 10.6 Å². The van der Waals surface area contributed by atoms with Crippen LogP contribution in [0.3, 0.4) is 0 Å². The molecule has 4 rings (SSSR count). The number of carbonyl (C=O) groups is 1. The lowest BCUT2D eigenvalue weighted by Crippen LogP contribution is -2.31. The number of fused-ring (bicyclic) bond motifs is 1. The SMILES string of the molecule is CC(C)=CCN(C(=O)c1ccc2nc(-c3cccnc3)ccc2c1N)c1ccccc1. The lowest BCUT2D eigenvalue weighted by molar-refractivity contribution is 0.0990. The molecule has 0 bridgehead atoms. The van der Waals surface area contributed by atoms with Gasteiger partial charge >= 0.3 is 0 Å². The fraction of sp³-hybridized carbons (Fsp3) is 0.115. The molecule has 2 aromatic carbocycles. The Kier molecular flexibility index (Phi) is 5.76. The fourth-order valence-electron chi connectivity index (χ4n) is 3.42. The molecule has 2 N–H and O–H groups in total. The number of allylic oxidation sites excluding steroid dienone is 1. The van der Waals surface area contributed by atoms with Crippen LogP contribution >= 0.6 is 0 Å². The van der Waals surface area contributed by atoms with Crippen LogP contribution in [0.1, 0.15) is 24.2 Å². The number of hydrogen-bond donors (Lipinski definition) is 1. The van der Waals surface area contributed by atoms with Crippen molar-refractivity contribution in [3.63, 3.8) is 0 Å². The van der Waals surface area contributed by atoms with E-state index in [1.807, 2.05) is 80.6 Å². The number of carbonyl (C=O) groups excluding carboxylic acids is 1. The molecule has 0 radical (unpaired) electrons. The van der Waals surface area contributed by atoms with Crippen molar-refractivity contribution in [2.75, 3.05) is 17.2 Å². The highest BCUT2D eigenvalue weighted by Crippen LogP contribution is 2.29. The number of pyridine rings is 2. The summed E-state index contributed by atoms with van der Waals surface area (Å²) >= 11 is 0. The summed E-state index contributed by atoms with van der Waals surface area (Å²) in [5, 5.41) is 0.758. The van der Waals surface area contributed by atoms with Gasteiger partial charge in [0.1, 0.15) is 0 Å². The third-order valence-electron chi connectivity index (χ3n) is 5.10. The lowest BCUT2D eigenvalue weighted by atomic mass is 10.0. The minimum absolute atomic E-state index is 0.139. The molecule has 0 aliphatic rings. The monoisotopic (exact) mass is 408 g/mol. The van der Waals surface area contributed by atoms with E-state index in [9.17, 15) is 4.79 Å². The molecule has 154 valence electrons. The summed E-state index contributed by atoms with van der Waals surface area (Å²) in [5.74, 6) is -0.139. The van der Waals surface area contributed by atoms with Gasteiger partial charge in [-0.2, -0.15) is 0 Å². The van der Waals surface area contributed by atoms with Crippen molar-refractivity contribution in [3.8, 4) is 11.3 Å². The van der Waals surface area contributed by atoms with Gasteiger partial charge in [0.15, 0.2) is 0 Å². The number of anilines is 2. The molecule has 0 saturated carbocycles. The van der Waals surface area contributed by atoms with Crippen LogP contribution in [0.4, 0.5) is 11.4 Å². The molecule has 5 nitrogen and oxygen atoms in total. The van der Waals surface area contributed by atoms with Crippen LogP contribution in [0.5, 0.6) is 0 Å². The molecule has 5 heteroatoms. The van der Waals surface area contributed by atoms with Gasteiger partial charge in [0.25, 0.3) is 5.91 Å². The average molecular weight is 409 g/mol. The highest BCUT2D eigenvalue weighted by molar-refractivity contribution is 6.13. The molecule has 0 aliphatic heterocycles. The highest BCUT2D eigenvalue weighted by Gasteiger charge is 2.20. The normalized spacial score (nSPS) is 10.6. The molecule has 0 atom stereocenters. The highest BCUT2D eigenvalue weighted by atomic mass is 16.2. The molecule has 2 heterocycles. The van der Waals surface area contributed by atoms with Gasteiger partial charge in [-0.15, -0.1) is 0 Å². The number of amides is 1. The van der Waals surface area contributed by atoms with Gasteiger partial charge in [0, 0.05) is 35.6 Å². The Bertz CT molecular complexity index is 1250. The second-order valence-electron chi connectivity index (χ2n) is 7.56. The quantitative estimate of drug-likeness (QED) is 0.350. The summed E-state index contributed by atoms with van der Waals surface area (Å²) < 4.78 is 0. The van der Waals surface area contributed by atoms with E-state index >= 15 is 0 Å². The van der Waals surface area contributed by atoms with Crippen molar-refractivity contribution in [1.82, 2.24) is 9.97 Å². The van der Waals surface area contributed by atoms with Crippen LogP contribution in [0.15, 0.2) is 90.8 Å². The number of para-hydroxylation sites is 1. The first-order valence-electron chi connectivity index (χ1n) is 10.1. The maximum absolute atomic E-state index is 13.5. The Morgan fingerprint density at radius 1 is 1.00 bits per heavy atom. The van der Waals surface area contributed by atoms with Gasteiger partial charge in [0.05, 0.1) is 22.5 Å². The fourth-order valence-corrected chi connectivity index (χ4v) is 3.42. The smallest absolute Gasteiger partial charge is 0.260 e. The minimum atomic E-state index is -0.139. The predicted molar refractivity (Wildman–Crippen MR) is 127 cm³/mol. The Hall–Kier alpha value is -3.99. The van der Waals surface area contributed by atoms with Crippen LogP contribution in [0.2, 0.25) is 0 Å². The standard InChI is InChI=1S/C26H24N4O/c1-18(2)14-16-30(20-8-4-3-5-9-20)26(31)22-11-13-24-21(25(22)27)10-12-23(29-24)19-7-6-15-28-17-19/h3-15,17H,16,27H2,1-2H3. The summed E-state index contributed by atoms with van der Waals surface area (Å²) in [6.45, 7) is 4.51. The van der Waals surface area contributed by atoms with Crippen molar-refractivity contribution in [1.29, 1.82) is 0 Å². The molecule has 0 fully saturated rings. The van der Waals surface area contributed by atoms with E-state index < -0.39 is 0 Å². The van der Waals surface area contributed by atoms with Gasteiger partial charge in [-0.1, -0.05) is 29.8 Å². The van der Waals surface area contributed by atoms with Crippen LogP contribution in [-0.4, -0.2) is 22.4 Å². The van der Waals surface area contributed by atoms with E-state index in [2.05, 4.69) is 4.98 Å². The van der Waals surface area contributed by atoms with E-state index in [4.69, 9.17) is 10.7 Å². The van der Waals surface area contributed by atoms with Crippen LogP contribution in [0.25, 0.3) is 22.2 Å². The largest absolute Gasteiger partial charge is 0.398 e. The Morgan fingerprint density at radius 2 is 1.81 bits per heavy atom. The van der Waals surface area contributed by atoms with E-state index in [0.29, 0.717) is 17.8 Å². The number of nitrogens with two attached hydrogens (primary N) is 1. The topological polar surface area (TPSA) is 72.1 Å². The zero-order chi connectivity index (χ0) is 21.8. The molecule has 4 aromatic rings. The number of hydrogen-bond acceptors (Lipinski definition) is 4. The van der Waals surface area contributed by atoms with E-state index in [-0.39, 0.29) is 5.91 Å². The van der Waals surface area contributed by atoms with Crippen molar-refractivity contribution in [2.24, 2.45) is 0 Å². The van der Waals surface area contributed by atoms with Crippen LogP contribution < -0.4 is 10.6 Å². The second kappa shape index (κ2) is 8.79.